The normalized spacial score (nSPS) is 11.6. The fraction of sp³-hybridized carbons (Fsp3) is 0.171. The number of benzene rings is 4. The Morgan fingerprint density at radius 2 is 1.50 bits per heavy atom. The van der Waals surface area contributed by atoms with Gasteiger partial charge in [0.25, 0.3) is 17.5 Å². The number of non-ortho nitro benzene ring substituents is 1. The monoisotopic (exact) mass is 670 g/mol. The molecule has 48 heavy (non-hydrogen) atoms. The number of carbonyl (C=O) groups excluding carboxylic acids is 3. The number of nitrogens with zero attached hydrogens (tertiary/aromatic N) is 1. The summed E-state index contributed by atoms with van der Waals surface area (Å²) in [5.74, 6) is -0.216. The summed E-state index contributed by atoms with van der Waals surface area (Å²) in [6, 6.07) is 22.9. The van der Waals surface area contributed by atoms with Gasteiger partial charge in [-0.3, -0.25) is 24.5 Å². The van der Waals surface area contributed by atoms with Crippen molar-refractivity contribution in [1.82, 2.24) is 5.32 Å². The maximum absolute atomic E-state index is 13.6. The summed E-state index contributed by atoms with van der Waals surface area (Å²) in [4.78, 5) is 50.7. The predicted molar refractivity (Wildman–Crippen MR) is 185 cm³/mol. The van der Waals surface area contributed by atoms with E-state index in [0.717, 1.165) is 4.90 Å². The number of nitro groups is 1. The van der Waals surface area contributed by atoms with E-state index >= 15 is 0 Å². The van der Waals surface area contributed by atoms with E-state index in [1.165, 1.54) is 57.4 Å². The van der Waals surface area contributed by atoms with Gasteiger partial charge in [-0.25, -0.2) is 0 Å². The molecule has 3 N–H and O–H groups in total. The number of methoxy groups -OCH3 is 3. The Kier molecular flexibility index (Phi) is 11.8. The lowest BCUT2D eigenvalue weighted by Crippen LogP contribution is -2.30. The van der Waals surface area contributed by atoms with Gasteiger partial charge in [-0.15, -0.1) is 11.8 Å². The van der Waals surface area contributed by atoms with Crippen molar-refractivity contribution in [2.45, 2.75) is 24.0 Å². The lowest BCUT2D eigenvalue weighted by molar-refractivity contribution is -0.384. The maximum atomic E-state index is 13.6. The number of amides is 3. The Hall–Kier alpha value is -5.82. The first-order chi connectivity index (χ1) is 23.0. The lowest BCUT2D eigenvalue weighted by Gasteiger charge is -2.15. The van der Waals surface area contributed by atoms with Crippen LogP contribution in [0, 0.1) is 17.0 Å². The molecule has 0 fully saturated rings. The molecule has 0 aliphatic carbocycles. The average Bonchev–Trinajstić information content (AvgIpc) is 3.09. The van der Waals surface area contributed by atoms with Crippen LogP contribution in [0.25, 0.3) is 6.08 Å². The summed E-state index contributed by atoms with van der Waals surface area (Å²) in [5, 5.41) is 18.8. The number of hydrogen-bond donors (Lipinski definition) is 3. The molecule has 12 nitrogen and oxygen atoms in total. The van der Waals surface area contributed by atoms with Gasteiger partial charge in [-0.05, 0) is 85.6 Å². The maximum Gasteiger partial charge on any atom is 0.272 e. The van der Waals surface area contributed by atoms with Crippen LogP contribution in [0.2, 0.25) is 0 Å². The van der Waals surface area contributed by atoms with Crippen LogP contribution in [0.15, 0.2) is 95.5 Å². The summed E-state index contributed by atoms with van der Waals surface area (Å²) >= 11 is 1.30. The minimum absolute atomic E-state index is 0.0385. The second-order valence-electron chi connectivity index (χ2n) is 10.3. The lowest BCUT2D eigenvalue weighted by atomic mass is 10.1. The predicted octanol–water partition coefficient (Wildman–Crippen LogP) is 6.46. The third-order valence-electron chi connectivity index (χ3n) is 7.00. The number of nitro benzene ring substituents is 1. The zero-order valence-corrected chi connectivity index (χ0v) is 27.7. The van der Waals surface area contributed by atoms with Gasteiger partial charge in [-0.2, -0.15) is 0 Å². The molecule has 0 bridgehead atoms. The Morgan fingerprint density at radius 1 is 0.854 bits per heavy atom. The summed E-state index contributed by atoms with van der Waals surface area (Å²) in [6.45, 7) is 3.43. The van der Waals surface area contributed by atoms with E-state index < -0.39 is 22.0 Å². The number of nitrogens with one attached hydrogen (secondary N) is 3. The minimum atomic E-state index is -0.584. The number of thioether (sulfide) groups is 1. The van der Waals surface area contributed by atoms with Gasteiger partial charge < -0.3 is 30.2 Å². The zero-order valence-electron chi connectivity index (χ0n) is 26.9. The van der Waals surface area contributed by atoms with E-state index in [1.54, 1.807) is 80.6 Å². The molecule has 0 heterocycles. The fourth-order valence-electron chi connectivity index (χ4n) is 4.50. The number of aryl methyl sites for hydroxylation is 1. The summed E-state index contributed by atoms with van der Waals surface area (Å²) < 4.78 is 16.3. The molecule has 0 saturated heterocycles. The van der Waals surface area contributed by atoms with Crippen LogP contribution in [-0.2, 0) is 9.59 Å². The van der Waals surface area contributed by atoms with Crippen molar-refractivity contribution >= 4 is 52.6 Å². The minimum Gasteiger partial charge on any atom is -0.493 e. The van der Waals surface area contributed by atoms with Gasteiger partial charge in [0, 0.05) is 34.0 Å². The molecule has 0 radical (unpaired) electrons. The number of hydrogen-bond acceptors (Lipinski definition) is 9. The molecule has 0 aromatic heterocycles. The van der Waals surface area contributed by atoms with Crippen LogP contribution >= 0.6 is 11.8 Å². The van der Waals surface area contributed by atoms with Gasteiger partial charge in [0.15, 0.2) is 11.5 Å². The highest BCUT2D eigenvalue weighted by Gasteiger charge is 2.19. The van der Waals surface area contributed by atoms with Gasteiger partial charge in [0.05, 0.1) is 31.5 Å². The smallest absolute Gasteiger partial charge is 0.272 e. The van der Waals surface area contributed by atoms with Gasteiger partial charge in [0.1, 0.15) is 5.70 Å². The molecule has 0 saturated carbocycles. The molecule has 0 aliphatic rings. The third-order valence-corrected chi connectivity index (χ3v) is 8.11. The topological polar surface area (TPSA) is 158 Å². The molecular weight excluding hydrogens is 636 g/mol. The Morgan fingerprint density at radius 3 is 2.06 bits per heavy atom. The number of carbonyl (C=O) groups is 3. The largest absolute Gasteiger partial charge is 0.493 e. The molecule has 4 rings (SSSR count). The van der Waals surface area contributed by atoms with Crippen LogP contribution < -0.4 is 30.2 Å². The second-order valence-corrected chi connectivity index (χ2v) is 11.7. The molecule has 4 aromatic rings. The first-order valence-electron chi connectivity index (χ1n) is 14.5. The van der Waals surface area contributed by atoms with E-state index in [1.807, 2.05) is 0 Å². The van der Waals surface area contributed by atoms with Gasteiger partial charge in [-0.1, -0.05) is 18.2 Å². The number of rotatable bonds is 13. The van der Waals surface area contributed by atoms with E-state index in [0.29, 0.717) is 45.3 Å². The summed E-state index contributed by atoms with van der Waals surface area (Å²) in [7, 11) is 4.44. The fourth-order valence-corrected chi connectivity index (χ4v) is 5.37. The van der Waals surface area contributed by atoms with E-state index in [4.69, 9.17) is 14.2 Å². The zero-order chi connectivity index (χ0) is 34.8. The van der Waals surface area contributed by atoms with Crippen molar-refractivity contribution < 1.29 is 33.5 Å². The molecule has 4 aromatic carbocycles. The van der Waals surface area contributed by atoms with Crippen LogP contribution in [0.5, 0.6) is 17.2 Å². The molecule has 0 aliphatic heterocycles. The Bertz CT molecular complexity index is 1820. The molecule has 3 amide bonds. The van der Waals surface area contributed by atoms with Crippen LogP contribution in [0.1, 0.15) is 28.4 Å². The van der Waals surface area contributed by atoms with Crippen LogP contribution in [-0.4, -0.2) is 49.2 Å². The van der Waals surface area contributed by atoms with Crippen molar-refractivity contribution in [3.8, 4) is 17.2 Å². The van der Waals surface area contributed by atoms with Crippen molar-refractivity contribution in [2.75, 3.05) is 32.0 Å². The molecular formula is C35H34N4O8S. The molecule has 0 spiro atoms. The highest BCUT2D eigenvalue weighted by molar-refractivity contribution is 8.00. The highest BCUT2D eigenvalue weighted by Crippen LogP contribution is 2.38. The van der Waals surface area contributed by atoms with Gasteiger partial charge >= 0.3 is 0 Å². The van der Waals surface area contributed by atoms with E-state index in [2.05, 4.69) is 16.0 Å². The average molecular weight is 671 g/mol. The van der Waals surface area contributed by atoms with Gasteiger partial charge in [0.2, 0.25) is 11.7 Å². The first-order valence-corrected chi connectivity index (χ1v) is 15.4. The van der Waals surface area contributed by atoms with E-state index in [-0.39, 0.29) is 17.3 Å². The molecule has 1 unspecified atom stereocenters. The second kappa shape index (κ2) is 16.1. The Balaban J connectivity index is 1.50. The van der Waals surface area contributed by atoms with Crippen LogP contribution in [0.4, 0.5) is 17.1 Å². The quantitative estimate of drug-likeness (QED) is 0.0628. The van der Waals surface area contributed by atoms with Crippen molar-refractivity contribution in [1.29, 1.82) is 0 Å². The molecule has 13 heteroatoms. The van der Waals surface area contributed by atoms with Crippen molar-refractivity contribution in [2.24, 2.45) is 0 Å². The number of ether oxygens (including phenoxy) is 3. The molecule has 1 atom stereocenters. The van der Waals surface area contributed by atoms with Crippen LogP contribution in [0.3, 0.4) is 0 Å². The standard InChI is InChI=1S/C35H34N4O8S/c1-21-17-26(39(43)44)13-16-28(21)37-33(40)22(2)48-27-14-11-25(12-15-27)36-35(42)29(38-34(41)24-9-7-6-8-10-24)18-23-19-30(45-3)32(47-5)31(20-23)46-4/h6-20,22H,1-5H3,(H,36,42)(H,37,40)(H,38,41)/b29-18-. The Labute approximate surface area is 281 Å². The highest BCUT2D eigenvalue weighted by atomic mass is 32.2. The third kappa shape index (κ3) is 8.91. The number of anilines is 2. The van der Waals surface area contributed by atoms with E-state index in [9.17, 15) is 24.5 Å². The summed E-state index contributed by atoms with van der Waals surface area (Å²) in [5.41, 5.74) is 2.30. The molecule has 248 valence electrons. The van der Waals surface area contributed by atoms with Crippen molar-refractivity contribution in [3.05, 3.63) is 117 Å². The SMILES string of the molecule is COc1cc(/C=C(\NC(=O)c2ccccc2)C(=O)Nc2ccc(SC(C)C(=O)Nc3ccc([N+](=O)[O-])cc3C)cc2)cc(OC)c1OC. The summed E-state index contributed by atoms with van der Waals surface area (Å²) in [6.07, 6.45) is 1.50. The van der Waals surface area contributed by atoms with Crippen molar-refractivity contribution in [3.63, 3.8) is 0 Å². The first kappa shape index (κ1) is 35.0.